The molecule has 1 atom stereocenters. The van der Waals surface area contributed by atoms with Crippen molar-refractivity contribution in [3.63, 3.8) is 0 Å². The van der Waals surface area contributed by atoms with Gasteiger partial charge in [-0.2, -0.15) is 0 Å². The smallest absolute Gasteiger partial charge is 0.305 e. The standard InChI is InChI=1S/C39H44N4O5/c1-5-6-7-8-34(44)28-15-13-27(14-16-28)31-24-41-36(42-25-31)29-11-9-26(10-12-29)23-33(38(48)40-22-21-35(45)46)43-37(47)30-17-19-32(20-18-30)39(2,3)4/h9-20,24-25,33H,5-8,21-23H2,1-4H3,(H,40,48)(H,43,47)(H,45,46)/t33-/m0/s1. The summed E-state index contributed by atoms with van der Waals surface area (Å²) >= 11 is 0. The van der Waals surface area contributed by atoms with Crippen molar-refractivity contribution in [3.8, 4) is 22.5 Å². The molecule has 9 heteroatoms. The van der Waals surface area contributed by atoms with Gasteiger partial charge in [0, 0.05) is 54.0 Å². The van der Waals surface area contributed by atoms with E-state index in [1.54, 1.807) is 24.5 Å². The molecular weight excluding hydrogens is 604 g/mol. The van der Waals surface area contributed by atoms with Gasteiger partial charge in [-0.1, -0.05) is 101 Å². The molecule has 9 nitrogen and oxygen atoms in total. The maximum atomic E-state index is 13.1. The molecule has 0 fully saturated rings. The molecule has 2 amide bonds. The molecule has 4 aromatic rings. The van der Waals surface area contributed by atoms with Crippen molar-refractivity contribution in [2.45, 2.75) is 77.7 Å². The number of aliphatic carboxylic acids is 1. The topological polar surface area (TPSA) is 138 Å². The zero-order valence-electron chi connectivity index (χ0n) is 28.1. The molecule has 0 bridgehead atoms. The Bertz CT molecular complexity index is 1690. The largest absolute Gasteiger partial charge is 0.481 e. The fourth-order valence-electron chi connectivity index (χ4n) is 5.17. The number of rotatable bonds is 15. The molecule has 0 saturated carbocycles. The van der Waals surface area contributed by atoms with Crippen LogP contribution in [0.15, 0.2) is 85.2 Å². The van der Waals surface area contributed by atoms with Gasteiger partial charge in [-0.25, -0.2) is 9.97 Å². The van der Waals surface area contributed by atoms with Gasteiger partial charge in [0.15, 0.2) is 11.6 Å². The Morgan fingerprint density at radius 3 is 1.94 bits per heavy atom. The van der Waals surface area contributed by atoms with Crippen LogP contribution in [0, 0.1) is 0 Å². The van der Waals surface area contributed by atoms with E-state index in [2.05, 4.69) is 48.3 Å². The van der Waals surface area contributed by atoms with Gasteiger partial charge < -0.3 is 15.7 Å². The second-order valence-electron chi connectivity index (χ2n) is 12.9. The molecule has 0 radical (unpaired) electrons. The monoisotopic (exact) mass is 648 g/mol. The number of carboxylic acids is 1. The van der Waals surface area contributed by atoms with Gasteiger partial charge in [-0.05, 0) is 40.7 Å². The zero-order valence-corrected chi connectivity index (χ0v) is 28.1. The third kappa shape index (κ3) is 10.2. The van der Waals surface area contributed by atoms with E-state index in [0.717, 1.165) is 47.1 Å². The predicted octanol–water partition coefficient (Wildman–Crippen LogP) is 6.80. The molecule has 250 valence electrons. The number of carboxylic acid groups (broad SMARTS) is 1. The van der Waals surface area contributed by atoms with Gasteiger partial charge in [0.05, 0.1) is 6.42 Å². The Hall–Kier alpha value is -5.18. The van der Waals surface area contributed by atoms with Crippen LogP contribution in [0.2, 0.25) is 0 Å². The van der Waals surface area contributed by atoms with E-state index in [0.29, 0.717) is 23.4 Å². The van der Waals surface area contributed by atoms with Crippen molar-refractivity contribution < 1.29 is 24.3 Å². The Kier molecular flexibility index (Phi) is 12.3. The summed E-state index contributed by atoms with van der Waals surface area (Å²) in [4.78, 5) is 58.7. The second kappa shape index (κ2) is 16.6. The minimum Gasteiger partial charge on any atom is -0.481 e. The summed E-state index contributed by atoms with van der Waals surface area (Å²) in [5, 5.41) is 14.4. The summed E-state index contributed by atoms with van der Waals surface area (Å²) in [6.45, 7) is 8.34. The average Bonchev–Trinajstić information content (AvgIpc) is 3.08. The van der Waals surface area contributed by atoms with Crippen LogP contribution in [0.5, 0.6) is 0 Å². The first-order chi connectivity index (χ1) is 22.9. The highest BCUT2D eigenvalue weighted by Crippen LogP contribution is 2.24. The lowest BCUT2D eigenvalue weighted by Gasteiger charge is -2.20. The number of ketones is 1. The van der Waals surface area contributed by atoms with Gasteiger partial charge in [-0.15, -0.1) is 0 Å². The summed E-state index contributed by atoms with van der Waals surface area (Å²) in [6, 6.07) is 21.3. The number of Topliss-reactive ketones (excluding diaryl/α,β-unsaturated/α-hetero) is 1. The summed E-state index contributed by atoms with van der Waals surface area (Å²) in [7, 11) is 0. The lowest BCUT2D eigenvalue weighted by Crippen LogP contribution is -2.48. The van der Waals surface area contributed by atoms with Crippen molar-refractivity contribution in [2.24, 2.45) is 0 Å². The molecule has 48 heavy (non-hydrogen) atoms. The fourth-order valence-corrected chi connectivity index (χ4v) is 5.17. The van der Waals surface area contributed by atoms with E-state index in [1.165, 1.54) is 0 Å². The maximum absolute atomic E-state index is 13.1. The fraction of sp³-hybridized carbons (Fsp3) is 0.333. The summed E-state index contributed by atoms with van der Waals surface area (Å²) in [5.41, 5.74) is 5.48. The Labute approximate surface area is 282 Å². The number of aromatic nitrogens is 2. The van der Waals surface area contributed by atoms with Gasteiger partial charge >= 0.3 is 5.97 Å². The minimum absolute atomic E-state index is 0.0472. The zero-order chi connectivity index (χ0) is 34.7. The van der Waals surface area contributed by atoms with Crippen LogP contribution in [0.25, 0.3) is 22.5 Å². The highest BCUT2D eigenvalue weighted by Gasteiger charge is 2.23. The highest BCUT2D eigenvalue weighted by molar-refractivity contribution is 5.98. The lowest BCUT2D eigenvalue weighted by molar-refractivity contribution is -0.137. The summed E-state index contributed by atoms with van der Waals surface area (Å²) in [5.74, 6) is -1.20. The van der Waals surface area contributed by atoms with Crippen LogP contribution in [0.1, 0.15) is 91.6 Å². The molecule has 3 N–H and O–H groups in total. The highest BCUT2D eigenvalue weighted by atomic mass is 16.4. The van der Waals surface area contributed by atoms with Crippen LogP contribution in [0.4, 0.5) is 0 Å². The van der Waals surface area contributed by atoms with E-state index in [-0.39, 0.29) is 30.6 Å². The first-order valence-corrected chi connectivity index (χ1v) is 16.4. The Morgan fingerprint density at radius 2 is 1.35 bits per heavy atom. The van der Waals surface area contributed by atoms with Gasteiger partial charge in [0.25, 0.3) is 5.91 Å². The second-order valence-corrected chi connectivity index (χ2v) is 12.9. The number of nitrogens with zero attached hydrogens (tertiary/aromatic N) is 2. The molecule has 0 spiro atoms. The first kappa shape index (κ1) is 35.7. The van der Waals surface area contributed by atoms with Crippen molar-refractivity contribution in [1.29, 1.82) is 0 Å². The minimum atomic E-state index is -1.02. The number of hydrogen-bond donors (Lipinski definition) is 3. The SMILES string of the molecule is CCCCCC(=O)c1ccc(-c2cnc(-c3ccc(C[C@H](NC(=O)c4ccc(C(C)(C)C)cc4)C(=O)NCCC(=O)O)cc3)nc2)cc1. The van der Waals surface area contributed by atoms with Crippen molar-refractivity contribution in [1.82, 2.24) is 20.6 Å². The van der Waals surface area contributed by atoms with Crippen LogP contribution in [-0.2, 0) is 21.4 Å². The Balaban J connectivity index is 1.43. The van der Waals surface area contributed by atoms with Crippen LogP contribution >= 0.6 is 0 Å². The van der Waals surface area contributed by atoms with Gasteiger partial charge in [-0.3, -0.25) is 19.2 Å². The van der Waals surface area contributed by atoms with Crippen LogP contribution in [0.3, 0.4) is 0 Å². The quantitative estimate of drug-likeness (QED) is 0.0952. The van der Waals surface area contributed by atoms with Crippen LogP contribution < -0.4 is 10.6 Å². The number of unbranched alkanes of at least 4 members (excludes halogenated alkanes) is 2. The van der Waals surface area contributed by atoms with Crippen molar-refractivity contribution in [2.75, 3.05) is 6.54 Å². The molecule has 0 saturated heterocycles. The first-order valence-electron chi connectivity index (χ1n) is 16.4. The van der Waals surface area contributed by atoms with E-state index in [9.17, 15) is 19.2 Å². The van der Waals surface area contributed by atoms with Crippen molar-refractivity contribution >= 4 is 23.6 Å². The number of hydrogen-bond acceptors (Lipinski definition) is 6. The van der Waals surface area contributed by atoms with Gasteiger partial charge in [0.2, 0.25) is 5.91 Å². The molecule has 1 aromatic heterocycles. The van der Waals surface area contributed by atoms with E-state index >= 15 is 0 Å². The van der Waals surface area contributed by atoms with E-state index in [1.807, 2.05) is 60.7 Å². The number of nitrogens with one attached hydrogen (secondary N) is 2. The number of benzene rings is 3. The number of carbonyl (C=O) groups excluding carboxylic acids is 3. The molecule has 0 unspecified atom stereocenters. The molecule has 1 heterocycles. The molecule has 0 aliphatic carbocycles. The third-order valence-corrected chi connectivity index (χ3v) is 8.12. The van der Waals surface area contributed by atoms with Gasteiger partial charge in [0.1, 0.15) is 6.04 Å². The predicted molar refractivity (Wildman–Crippen MR) is 187 cm³/mol. The average molecular weight is 649 g/mol. The molecular formula is C39H44N4O5. The van der Waals surface area contributed by atoms with Crippen LogP contribution in [-0.4, -0.2) is 51.2 Å². The maximum Gasteiger partial charge on any atom is 0.305 e. The van der Waals surface area contributed by atoms with Crippen molar-refractivity contribution in [3.05, 3.63) is 107 Å². The summed E-state index contributed by atoms with van der Waals surface area (Å²) < 4.78 is 0. The van der Waals surface area contributed by atoms with E-state index < -0.39 is 23.8 Å². The molecule has 0 aliphatic heterocycles. The third-order valence-electron chi connectivity index (χ3n) is 8.12. The summed E-state index contributed by atoms with van der Waals surface area (Å²) in [6.07, 6.45) is 7.06. The molecule has 3 aromatic carbocycles. The number of carbonyl (C=O) groups is 4. The Morgan fingerprint density at radius 1 is 0.750 bits per heavy atom. The molecule has 4 rings (SSSR count). The normalized spacial score (nSPS) is 11.8. The van der Waals surface area contributed by atoms with E-state index in [4.69, 9.17) is 5.11 Å². The lowest BCUT2D eigenvalue weighted by atomic mass is 9.86. The number of amides is 2. The molecule has 0 aliphatic rings.